The van der Waals surface area contributed by atoms with E-state index in [2.05, 4.69) is 48.7 Å². The van der Waals surface area contributed by atoms with Gasteiger partial charge in [0, 0.05) is 0 Å². The Morgan fingerprint density at radius 3 is 1.87 bits per heavy atom. The van der Waals surface area contributed by atoms with E-state index in [0.29, 0.717) is 0 Å². The van der Waals surface area contributed by atoms with Crippen molar-refractivity contribution in [3.05, 3.63) is 0 Å². The Labute approximate surface area is 96.9 Å². The van der Waals surface area contributed by atoms with Gasteiger partial charge in [-0.1, -0.05) is 39.4 Å². The van der Waals surface area contributed by atoms with E-state index in [9.17, 15) is 0 Å². The summed E-state index contributed by atoms with van der Waals surface area (Å²) < 4.78 is 0. The Bertz CT molecular complexity index is 322. The third-order valence-electron chi connectivity index (χ3n) is 2.05. The number of unbranched alkanes of at least 4 members (excludes halogenated alkanes) is 1. The minimum atomic E-state index is -2.15. The maximum Gasteiger partial charge on any atom is 0.289 e. The van der Waals surface area contributed by atoms with Crippen LogP contribution in [0.1, 0.15) is 19.8 Å². The van der Waals surface area contributed by atoms with Crippen LogP contribution in [-0.4, -0.2) is 16.1 Å². The number of terminal acetylenes is 2. The molecule has 80 valence electrons. The van der Waals surface area contributed by atoms with Crippen LogP contribution in [0.25, 0.3) is 0 Å². The topological polar surface area (TPSA) is 0 Å². The molecule has 0 aromatic rings. The smallest absolute Gasteiger partial charge is 0.137 e. The molecule has 0 fully saturated rings. The third-order valence-corrected chi connectivity index (χ3v) is 5.81. The van der Waals surface area contributed by atoms with Crippen molar-refractivity contribution in [3.8, 4) is 35.0 Å². The molecule has 0 N–H and O–H groups in total. The van der Waals surface area contributed by atoms with E-state index in [1.807, 2.05) is 0 Å². The van der Waals surface area contributed by atoms with Crippen molar-refractivity contribution in [1.82, 2.24) is 0 Å². The maximum absolute atomic E-state index is 5.57. The number of hydrogen-bond acceptors (Lipinski definition) is 0. The molecule has 0 bridgehead atoms. The van der Waals surface area contributed by atoms with Gasteiger partial charge >= 0.3 is 0 Å². The predicted molar refractivity (Wildman–Crippen MR) is 74.3 cm³/mol. The van der Waals surface area contributed by atoms with Crippen LogP contribution < -0.4 is 0 Å². The SMILES string of the molecule is C#C[Si](C#C)(C#C[Si](C)(C)C)CCCC. The van der Waals surface area contributed by atoms with Crippen molar-refractivity contribution in [1.29, 1.82) is 0 Å². The van der Waals surface area contributed by atoms with Gasteiger partial charge in [-0.3, -0.25) is 0 Å². The van der Waals surface area contributed by atoms with Gasteiger partial charge < -0.3 is 0 Å². The molecule has 2 heteroatoms. The van der Waals surface area contributed by atoms with E-state index in [1.54, 1.807) is 0 Å². The minimum absolute atomic E-state index is 0.952. The van der Waals surface area contributed by atoms with Gasteiger partial charge in [0.05, 0.1) is 0 Å². The van der Waals surface area contributed by atoms with Gasteiger partial charge in [0.15, 0.2) is 0 Å². The van der Waals surface area contributed by atoms with Crippen LogP contribution in [-0.2, 0) is 0 Å². The molecular weight excluding hydrogens is 212 g/mol. The molecule has 0 atom stereocenters. The highest BCUT2D eigenvalue weighted by molar-refractivity contribution is 7.01. The Morgan fingerprint density at radius 2 is 1.53 bits per heavy atom. The Morgan fingerprint density at radius 1 is 1.00 bits per heavy atom. The lowest BCUT2D eigenvalue weighted by Crippen LogP contribution is -2.31. The summed E-state index contributed by atoms with van der Waals surface area (Å²) in [5, 5.41) is 0. The molecule has 15 heavy (non-hydrogen) atoms. The first kappa shape index (κ1) is 14.1. The molecule has 0 aromatic carbocycles. The summed E-state index contributed by atoms with van der Waals surface area (Å²) in [6.45, 7) is 8.79. The maximum atomic E-state index is 5.57. The van der Waals surface area contributed by atoms with Crippen molar-refractivity contribution >= 4 is 16.1 Å². The second-order valence-corrected chi connectivity index (χ2v) is 12.7. The molecule has 0 unspecified atom stereocenters. The van der Waals surface area contributed by atoms with Gasteiger partial charge in [0.1, 0.15) is 8.07 Å². The van der Waals surface area contributed by atoms with E-state index in [4.69, 9.17) is 12.8 Å². The summed E-state index contributed by atoms with van der Waals surface area (Å²) in [6.07, 6.45) is 13.4. The van der Waals surface area contributed by atoms with Crippen LogP contribution in [0.5, 0.6) is 0 Å². The second kappa shape index (κ2) is 5.87. The number of hydrogen-bond donors (Lipinski definition) is 0. The fourth-order valence-electron chi connectivity index (χ4n) is 1.06. The molecule has 0 saturated carbocycles. The standard InChI is InChI=1S/C13H20Si2/c1-7-10-11-15(8-2,9-3)13-12-14(4,5)6/h2-3H,7,10-11H2,1,4-6H3. The van der Waals surface area contributed by atoms with Gasteiger partial charge in [0.25, 0.3) is 8.07 Å². The van der Waals surface area contributed by atoms with Gasteiger partial charge in [-0.05, 0) is 6.04 Å². The van der Waals surface area contributed by atoms with Gasteiger partial charge in [0.2, 0.25) is 0 Å². The first-order chi connectivity index (χ1) is 6.89. The molecule has 0 amide bonds. The fourth-order valence-corrected chi connectivity index (χ4v) is 4.94. The molecule has 0 heterocycles. The molecule has 0 aliphatic heterocycles. The van der Waals surface area contributed by atoms with Crippen LogP contribution in [0.4, 0.5) is 0 Å². The average molecular weight is 232 g/mol. The first-order valence-corrected chi connectivity index (χ1v) is 11.1. The summed E-state index contributed by atoms with van der Waals surface area (Å²) >= 11 is 0. The lowest BCUT2D eigenvalue weighted by Gasteiger charge is -2.13. The van der Waals surface area contributed by atoms with Gasteiger partial charge in [-0.2, -0.15) is 0 Å². The fraction of sp³-hybridized carbons (Fsp3) is 0.538. The highest BCUT2D eigenvalue weighted by Crippen LogP contribution is 2.12. The Hall–Kier alpha value is -0.886. The molecule has 0 saturated heterocycles. The van der Waals surface area contributed by atoms with E-state index >= 15 is 0 Å². The average Bonchev–Trinajstić information content (AvgIpc) is 2.18. The van der Waals surface area contributed by atoms with E-state index in [0.717, 1.165) is 18.9 Å². The van der Waals surface area contributed by atoms with Crippen LogP contribution in [0.15, 0.2) is 0 Å². The van der Waals surface area contributed by atoms with Gasteiger partial charge in [-0.15, -0.1) is 35.0 Å². The number of rotatable bonds is 3. The summed E-state index contributed by atoms with van der Waals surface area (Å²) in [5.74, 6) is 0. The molecule has 0 aliphatic rings. The van der Waals surface area contributed by atoms with E-state index in [1.165, 1.54) is 0 Å². The molecule has 0 rings (SSSR count). The zero-order valence-electron chi connectivity index (χ0n) is 10.3. The Balaban J connectivity index is 4.89. The summed E-state index contributed by atoms with van der Waals surface area (Å²) in [4.78, 5) is 0. The van der Waals surface area contributed by atoms with Crippen molar-refractivity contribution in [2.24, 2.45) is 0 Å². The summed E-state index contributed by atoms with van der Waals surface area (Å²) in [7, 11) is -3.50. The summed E-state index contributed by atoms with van der Waals surface area (Å²) in [6, 6.07) is 0.952. The molecule has 0 radical (unpaired) electrons. The van der Waals surface area contributed by atoms with Crippen LogP contribution >= 0.6 is 0 Å². The zero-order valence-corrected chi connectivity index (χ0v) is 12.3. The lowest BCUT2D eigenvalue weighted by atomic mass is 10.4. The molecule has 0 nitrogen and oxygen atoms in total. The highest BCUT2D eigenvalue weighted by Gasteiger charge is 2.26. The largest absolute Gasteiger partial charge is 0.289 e. The van der Waals surface area contributed by atoms with Crippen molar-refractivity contribution < 1.29 is 0 Å². The van der Waals surface area contributed by atoms with E-state index < -0.39 is 16.1 Å². The lowest BCUT2D eigenvalue weighted by molar-refractivity contribution is 0.876. The normalized spacial score (nSPS) is 10.8. The van der Waals surface area contributed by atoms with Crippen LogP contribution in [0.2, 0.25) is 25.7 Å². The molecule has 0 aromatic heterocycles. The summed E-state index contributed by atoms with van der Waals surface area (Å²) in [5.41, 5.74) is 12.3. The monoisotopic (exact) mass is 232 g/mol. The van der Waals surface area contributed by atoms with Crippen LogP contribution in [0, 0.1) is 35.0 Å². The molecule has 0 spiro atoms. The quantitative estimate of drug-likeness (QED) is 0.518. The first-order valence-electron chi connectivity index (χ1n) is 5.39. The van der Waals surface area contributed by atoms with E-state index in [-0.39, 0.29) is 0 Å². The predicted octanol–water partition coefficient (Wildman–Crippen LogP) is 3.00. The third kappa shape index (κ3) is 5.53. The van der Waals surface area contributed by atoms with Crippen molar-refractivity contribution in [2.45, 2.75) is 45.5 Å². The van der Waals surface area contributed by atoms with Crippen molar-refractivity contribution in [3.63, 3.8) is 0 Å². The van der Waals surface area contributed by atoms with Crippen LogP contribution in [0.3, 0.4) is 0 Å². The minimum Gasteiger partial charge on any atom is -0.137 e. The van der Waals surface area contributed by atoms with Gasteiger partial charge in [-0.25, -0.2) is 0 Å². The molecule has 0 aliphatic carbocycles. The molecular formula is C13H20Si2. The van der Waals surface area contributed by atoms with Crippen molar-refractivity contribution in [2.75, 3.05) is 0 Å². The highest BCUT2D eigenvalue weighted by atomic mass is 28.3. The zero-order chi connectivity index (χ0) is 11.9. The second-order valence-electron chi connectivity index (χ2n) is 4.80. The Kier molecular flexibility index (Phi) is 5.52.